The van der Waals surface area contributed by atoms with E-state index >= 15 is 0 Å². The number of ether oxygens (including phenoxy) is 1. The highest BCUT2D eigenvalue weighted by molar-refractivity contribution is 5.38. The van der Waals surface area contributed by atoms with Gasteiger partial charge in [0, 0.05) is 12.1 Å². The van der Waals surface area contributed by atoms with E-state index in [9.17, 15) is 0 Å². The Morgan fingerprint density at radius 3 is 2.47 bits per heavy atom. The van der Waals surface area contributed by atoms with Crippen molar-refractivity contribution >= 4 is 0 Å². The second kappa shape index (κ2) is 4.34. The van der Waals surface area contributed by atoms with Crippen LogP contribution in [0.5, 0.6) is 5.75 Å². The van der Waals surface area contributed by atoms with Crippen molar-refractivity contribution in [3.05, 3.63) is 29.3 Å². The molecule has 2 nitrogen and oxygen atoms in total. The van der Waals surface area contributed by atoms with Gasteiger partial charge in [-0.3, -0.25) is 0 Å². The number of benzene rings is 1. The highest BCUT2D eigenvalue weighted by Gasteiger charge is 2.33. The van der Waals surface area contributed by atoms with Crippen molar-refractivity contribution in [2.45, 2.75) is 50.6 Å². The minimum Gasteiger partial charge on any atom is -0.496 e. The second-order valence-corrected chi connectivity index (χ2v) is 5.54. The molecule has 0 spiro atoms. The lowest BCUT2D eigenvalue weighted by atomic mass is 9.85. The highest BCUT2D eigenvalue weighted by atomic mass is 16.5. The molecule has 2 heterocycles. The Kier molecular flexibility index (Phi) is 2.83. The summed E-state index contributed by atoms with van der Waals surface area (Å²) >= 11 is 0. The second-order valence-electron chi connectivity index (χ2n) is 5.54. The maximum absolute atomic E-state index is 5.33. The topological polar surface area (TPSA) is 21.3 Å². The van der Waals surface area contributed by atoms with Crippen LogP contribution in [0.4, 0.5) is 0 Å². The van der Waals surface area contributed by atoms with Crippen LogP contribution in [0.2, 0.25) is 0 Å². The smallest absolute Gasteiger partial charge is 0.121 e. The van der Waals surface area contributed by atoms with Crippen LogP contribution < -0.4 is 10.1 Å². The average molecular weight is 231 g/mol. The van der Waals surface area contributed by atoms with Crippen molar-refractivity contribution in [1.82, 2.24) is 5.32 Å². The fourth-order valence-electron chi connectivity index (χ4n) is 3.48. The minimum atomic E-state index is 0.748. The number of nitrogens with one attached hydrogen (secondary N) is 1. The molecule has 1 aromatic carbocycles. The molecule has 2 aliphatic heterocycles. The fourth-order valence-corrected chi connectivity index (χ4v) is 3.48. The summed E-state index contributed by atoms with van der Waals surface area (Å²) in [7, 11) is 1.74. The summed E-state index contributed by atoms with van der Waals surface area (Å²) in [6.07, 6.45) is 5.36. The summed E-state index contributed by atoms with van der Waals surface area (Å²) in [6.45, 7) is 2.14. The van der Waals surface area contributed by atoms with E-state index in [1.807, 2.05) is 0 Å². The molecule has 0 radical (unpaired) electrons. The standard InChI is InChI=1S/C15H21NO/c1-10-7-11(3-6-15(10)17-2)12-8-13-4-5-14(9-12)16-13/h3,6-7,12-14,16H,4-5,8-9H2,1-2H3. The molecule has 2 heteroatoms. The van der Waals surface area contributed by atoms with E-state index in [-0.39, 0.29) is 0 Å². The van der Waals surface area contributed by atoms with Crippen molar-refractivity contribution < 1.29 is 4.74 Å². The number of fused-ring (bicyclic) bond motifs is 2. The molecule has 2 atom stereocenters. The summed E-state index contributed by atoms with van der Waals surface area (Å²) in [5.41, 5.74) is 2.76. The summed E-state index contributed by atoms with van der Waals surface area (Å²) in [5, 5.41) is 3.70. The van der Waals surface area contributed by atoms with Crippen LogP contribution in [-0.4, -0.2) is 19.2 Å². The van der Waals surface area contributed by atoms with Crippen molar-refractivity contribution in [1.29, 1.82) is 0 Å². The molecular weight excluding hydrogens is 210 g/mol. The molecule has 1 N–H and O–H groups in total. The lowest BCUT2D eigenvalue weighted by Gasteiger charge is -2.29. The molecule has 17 heavy (non-hydrogen) atoms. The quantitative estimate of drug-likeness (QED) is 0.845. The Morgan fingerprint density at radius 2 is 1.88 bits per heavy atom. The third-order valence-corrected chi connectivity index (χ3v) is 4.36. The first-order valence-corrected chi connectivity index (χ1v) is 6.67. The van der Waals surface area contributed by atoms with E-state index in [1.165, 1.54) is 36.8 Å². The van der Waals surface area contributed by atoms with Crippen molar-refractivity contribution in [3.8, 4) is 5.75 Å². The zero-order chi connectivity index (χ0) is 11.8. The largest absolute Gasteiger partial charge is 0.496 e. The maximum atomic E-state index is 5.33. The molecule has 2 unspecified atom stereocenters. The van der Waals surface area contributed by atoms with Gasteiger partial charge in [0.1, 0.15) is 5.75 Å². The molecule has 92 valence electrons. The Labute approximate surface area is 103 Å². The third kappa shape index (κ3) is 2.06. The lowest BCUT2D eigenvalue weighted by Crippen LogP contribution is -2.37. The van der Waals surface area contributed by atoms with Gasteiger partial charge in [-0.05, 0) is 55.7 Å². The summed E-state index contributed by atoms with van der Waals surface area (Å²) in [4.78, 5) is 0. The van der Waals surface area contributed by atoms with E-state index in [1.54, 1.807) is 7.11 Å². The first-order chi connectivity index (χ1) is 8.26. The van der Waals surface area contributed by atoms with Gasteiger partial charge in [0.15, 0.2) is 0 Å². The van der Waals surface area contributed by atoms with Crippen LogP contribution in [0.1, 0.15) is 42.7 Å². The van der Waals surface area contributed by atoms with Crippen molar-refractivity contribution in [3.63, 3.8) is 0 Å². The molecule has 2 fully saturated rings. The third-order valence-electron chi connectivity index (χ3n) is 4.36. The van der Waals surface area contributed by atoms with Gasteiger partial charge in [-0.25, -0.2) is 0 Å². The molecule has 0 aliphatic carbocycles. The van der Waals surface area contributed by atoms with Gasteiger partial charge in [-0.2, -0.15) is 0 Å². The van der Waals surface area contributed by atoms with Crippen molar-refractivity contribution in [2.24, 2.45) is 0 Å². The van der Waals surface area contributed by atoms with Gasteiger partial charge >= 0.3 is 0 Å². The van der Waals surface area contributed by atoms with Gasteiger partial charge in [0.2, 0.25) is 0 Å². The van der Waals surface area contributed by atoms with E-state index in [4.69, 9.17) is 4.74 Å². The van der Waals surface area contributed by atoms with Crippen LogP contribution in [0.25, 0.3) is 0 Å². The first kappa shape index (κ1) is 11.1. The number of piperidine rings is 1. The van der Waals surface area contributed by atoms with Crippen LogP contribution in [0.15, 0.2) is 18.2 Å². The normalized spacial score (nSPS) is 31.5. The van der Waals surface area contributed by atoms with E-state index < -0.39 is 0 Å². The van der Waals surface area contributed by atoms with Crippen LogP contribution in [0.3, 0.4) is 0 Å². The molecular formula is C15H21NO. The number of methoxy groups -OCH3 is 1. The van der Waals surface area contributed by atoms with E-state index in [2.05, 4.69) is 30.4 Å². The zero-order valence-electron chi connectivity index (χ0n) is 10.7. The van der Waals surface area contributed by atoms with Gasteiger partial charge in [0.05, 0.1) is 7.11 Å². The van der Waals surface area contributed by atoms with Crippen molar-refractivity contribution in [2.75, 3.05) is 7.11 Å². The number of aryl methyl sites for hydroxylation is 1. The average Bonchev–Trinajstić information content (AvgIpc) is 2.68. The fraction of sp³-hybridized carbons (Fsp3) is 0.600. The van der Waals surface area contributed by atoms with Crippen LogP contribution in [-0.2, 0) is 0 Å². The van der Waals surface area contributed by atoms with Gasteiger partial charge in [0.25, 0.3) is 0 Å². The predicted octanol–water partition coefficient (Wildman–Crippen LogP) is 3.00. The van der Waals surface area contributed by atoms with E-state index in [0.717, 1.165) is 23.8 Å². The summed E-state index contributed by atoms with van der Waals surface area (Å²) in [5.74, 6) is 1.75. The molecule has 0 amide bonds. The van der Waals surface area contributed by atoms with Gasteiger partial charge in [-0.1, -0.05) is 12.1 Å². The van der Waals surface area contributed by atoms with Crippen LogP contribution in [0, 0.1) is 6.92 Å². The minimum absolute atomic E-state index is 0.748. The Morgan fingerprint density at radius 1 is 1.18 bits per heavy atom. The molecule has 3 rings (SSSR count). The molecule has 2 saturated heterocycles. The first-order valence-electron chi connectivity index (χ1n) is 6.67. The maximum Gasteiger partial charge on any atom is 0.121 e. The Balaban J connectivity index is 1.82. The molecule has 2 bridgehead atoms. The zero-order valence-corrected chi connectivity index (χ0v) is 10.7. The number of hydrogen-bond acceptors (Lipinski definition) is 2. The van der Waals surface area contributed by atoms with Gasteiger partial charge in [-0.15, -0.1) is 0 Å². The van der Waals surface area contributed by atoms with Gasteiger partial charge < -0.3 is 10.1 Å². The molecule has 0 aromatic heterocycles. The van der Waals surface area contributed by atoms with E-state index in [0.29, 0.717) is 0 Å². The number of rotatable bonds is 2. The van der Waals surface area contributed by atoms with Crippen LogP contribution >= 0.6 is 0 Å². The molecule has 0 saturated carbocycles. The highest BCUT2D eigenvalue weighted by Crippen LogP contribution is 2.38. The SMILES string of the molecule is COc1ccc(C2CC3CCC(C2)N3)cc1C. The number of hydrogen-bond donors (Lipinski definition) is 1. The molecule has 2 aliphatic rings. The lowest BCUT2D eigenvalue weighted by molar-refractivity contribution is 0.362. The summed E-state index contributed by atoms with van der Waals surface area (Å²) in [6, 6.07) is 8.21. The predicted molar refractivity (Wildman–Crippen MR) is 69.7 cm³/mol. The summed E-state index contributed by atoms with van der Waals surface area (Å²) < 4.78 is 5.33. The monoisotopic (exact) mass is 231 g/mol. The Bertz CT molecular complexity index is 403. The Hall–Kier alpha value is -1.02. The molecule has 1 aromatic rings.